The first-order valence-corrected chi connectivity index (χ1v) is 12.3. The Bertz CT molecular complexity index is 1370. The molecule has 2 aromatic carbocycles. The van der Waals surface area contributed by atoms with Crippen LogP contribution in [0.4, 0.5) is 11.5 Å². The molecule has 0 radical (unpaired) electrons. The fourth-order valence-corrected chi connectivity index (χ4v) is 5.52. The van der Waals surface area contributed by atoms with Gasteiger partial charge in [-0.3, -0.25) is 14.3 Å². The number of amides is 1. The van der Waals surface area contributed by atoms with Crippen LogP contribution >= 0.6 is 0 Å². The van der Waals surface area contributed by atoms with Gasteiger partial charge in [-0.05, 0) is 55.5 Å². The van der Waals surface area contributed by atoms with Crippen LogP contribution in [0.2, 0.25) is 0 Å². The van der Waals surface area contributed by atoms with Gasteiger partial charge in [-0.1, -0.05) is 37.3 Å². The summed E-state index contributed by atoms with van der Waals surface area (Å²) >= 11 is 0. The van der Waals surface area contributed by atoms with Crippen molar-refractivity contribution in [3.63, 3.8) is 0 Å². The van der Waals surface area contributed by atoms with Gasteiger partial charge in [-0.25, -0.2) is 8.42 Å². The largest absolute Gasteiger partial charge is 0.310 e. The lowest BCUT2D eigenvalue weighted by molar-refractivity contribution is -0.116. The van der Waals surface area contributed by atoms with Crippen LogP contribution in [0.15, 0.2) is 41.3 Å². The molecule has 172 valence electrons. The summed E-state index contributed by atoms with van der Waals surface area (Å²) < 4.78 is 30.7. The molecule has 0 bridgehead atoms. The molecule has 0 saturated heterocycles. The van der Waals surface area contributed by atoms with Crippen LogP contribution in [0.25, 0.3) is 11.1 Å². The molecule has 0 atom stereocenters. The van der Waals surface area contributed by atoms with Gasteiger partial charge in [0.2, 0.25) is 11.8 Å². The smallest absolute Gasteiger partial charge is 0.262 e. The zero-order valence-corrected chi connectivity index (χ0v) is 19.8. The van der Waals surface area contributed by atoms with Gasteiger partial charge >= 0.3 is 0 Å². The van der Waals surface area contributed by atoms with E-state index >= 15 is 0 Å². The number of benzene rings is 2. The van der Waals surface area contributed by atoms with Gasteiger partial charge < -0.3 is 5.32 Å². The summed E-state index contributed by atoms with van der Waals surface area (Å²) in [7, 11) is -3.90. The number of aromatic nitrogens is 2. The lowest BCUT2D eigenvalue weighted by atomic mass is 10.0. The third kappa shape index (κ3) is 4.16. The molecular formula is C24H26N4O4S. The Morgan fingerprint density at radius 2 is 1.73 bits per heavy atom. The zero-order valence-electron chi connectivity index (χ0n) is 19.0. The second-order valence-corrected chi connectivity index (χ2v) is 9.88. The lowest BCUT2D eigenvalue weighted by Gasteiger charge is -2.16. The van der Waals surface area contributed by atoms with E-state index in [0.29, 0.717) is 34.5 Å². The van der Waals surface area contributed by atoms with E-state index in [1.54, 1.807) is 25.1 Å². The second-order valence-electron chi connectivity index (χ2n) is 8.23. The van der Waals surface area contributed by atoms with E-state index in [1.807, 2.05) is 39.0 Å². The number of anilines is 2. The van der Waals surface area contributed by atoms with Crippen LogP contribution in [-0.4, -0.2) is 30.0 Å². The monoisotopic (exact) mass is 466 g/mol. The van der Waals surface area contributed by atoms with E-state index in [4.69, 9.17) is 0 Å². The Labute approximate surface area is 193 Å². The van der Waals surface area contributed by atoms with Crippen molar-refractivity contribution < 1.29 is 18.0 Å². The van der Waals surface area contributed by atoms with Crippen LogP contribution in [0.1, 0.15) is 46.9 Å². The van der Waals surface area contributed by atoms with E-state index < -0.39 is 10.0 Å². The Kier molecular flexibility index (Phi) is 5.84. The molecule has 2 N–H and O–H groups in total. The Morgan fingerprint density at radius 3 is 2.39 bits per heavy atom. The van der Waals surface area contributed by atoms with Crippen LogP contribution in [-0.2, 0) is 21.2 Å². The second kappa shape index (κ2) is 8.47. The van der Waals surface area contributed by atoms with E-state index in [2.05, 4.69) is 15.1 Å². The average Bonchev–Trinajstić information content (AvgIpc) is 3.06. The van der Waals surface area contributed by atoms with E-state index in [9.17, 15) is 18.0 Å². The molecule has 0 aliphatic carbocycles. The number of carbonyl (C=O) groups excluding carboxylic acids is 2. The molecule has 1 aromatic heterocycles. The van der Waals surface area contributed by atoms with Gasteiger partial charge in [-0.2, -0.15) is 9.78 Å². The quantitative estimate of drug-likeness (QED) is 0.585. The first-order chi connectivity index (χ1) is 15.6. The molecule has 3 aromatic rings. The first kappa shape index (κ1) is 22.7. The van der Waals surface area contributed by atoms with Gasteiger partial charge in [0.1, 0.15) is 5.82 Å². The zero-order chi connectivity index (χ0) is 23.9. The van der Waals surface area contributed by atoms with E-state index in [0.717, 1.165) is 11.1 Å². The highest BCUT2D eigenvalue weighted by Crippen LogP contribution is 2.36. The van der Waals surface area contributed by atoms with Crippen LogP contribution in [0, 0.1) is 20.8 Å². The van der Waals surface area contributed by atoms with Crippen molar-refractivity contribution in [2.45, 2.75) is 51.9 Å². The van der Waals surface area contributed by atoms with Crippen molar-refractivity contribution in [2.75, 3.05) is 10.0 Å². The average molecular weight is 467 g/mol. The van der Waals surface area contributed by atoms with E-state index in [1.165, 1.54) is 4.68 Å². The van der Waals surface area contributed by atoms with Crippen molar-refractivity contribution in [1.82, 2.24) is 9.78 Å². The van der Waals surface area contributed by atoms with Crippen molar-refractivity contribution >= 4 is 33.3 Å². The van der Waals surface area contributed by atoms with Crippen molar-refractivity contribution in [2.24, 2.45) is 0 Å². The summed E-state index contributed by atoms with van der Waals surface area (Å²) in [4.78, 5) is 24.8. The topological polar surface area (TPSA) is 110 Å². The molecule has 1 amide bonds. The number of nitrogens with one attached hydrogen (secondary N) is 2. The summed E-state index contributed by atoms with van der Waals surface area (Å²) in [5, 5.41) is 7.19. The molecule has 0 spiro atoms. The first-order valence-electron chi connectivity index (χ1n) is 10.8. The summed E-state index contributed by atoms with van der Waals surface area (Å²) in [6.45, 7) is 7.33. The van der Waals surface area contributed by atoms with Crippen LogP contribution < -0.4 is 10.0 Å². The van der Waals surface area contributed by atoms with Crippen LogP contribution in [0.5, 0.6) is 0 Å². The molecule has 8 nitrogen and oxygen atoms in total. The number of para-hydroxylation sites is 1. The SMILES string of the molecule is CCc1nn2c(c1-c1ccc(C)c(S(=O)(=O)Nc3c(C)cccc3C)c1)NC(=O)CCC2=O. The van der Waals surface area contributed by atoms with Gasteiger partial charge in [-0.15, -0.1) is 0 Å². The Balaban J connectivity index is 1.85. The minimum Gasteiger partial charge on any atom is -0.310 e. The third-order valence-corrected chi connectivity index (χ3v) is 7.33. The Hall–Kier alpha value is -3.46. The van der Waals surface area contributed by atoms with Gasteiger partial charge in [0.05, 0.1) is 16.3 Å². The van der Waals surface area contributed by atoms with E-state index in [-0.39, 0.29) is 35.4 Å². The minimum absolute atomic E-state index is 0.0658. The number of fused-ring (bicyclic) bond motifs is 1. The summed E-state index contributed by atoms with van der Waals surface area (Å²) in [6.07, 6.45) is 0.655. The van der Waals surface area contributed by atoms with Gasteiger partial charge in [0.25, 0.3) is 10.0 Å². The maximum Gasteiger partial charge on any atom is 0.262 e. The molecule has 4 rings (SSSR count). The number of rotatable bonds is 5. The van der Waals surface area contributed by atoms with Crippen LogP contribution in [0.3, 0.4) is 0 Å². The highest BCUT2D eigenvalue weighted by atomic mass is 32.2. The maximum atomic E-state index is 13.4. The molecule has 2 heterocycles. The van der Waals surface area contributed by atoms with Gasteiger partial charge in [0.15, 0.2) is 0 Å². The fraction of sp³-hybridized carbons (Fsp3) is 0.292. The number of sulfonamides is 1. The predicted molar refractivity (Wildman–Crippen MR) is 127 cm³/mol. The van der Waals surface area contributed by atoms with Crippen molar-refractivity contribution in [3.8, 4) is 11.1 Å². The lowest BCUT2D eigenvalue weighted by Crippen LogP contribution is -2.16. The number of nitrogens with zero attached hydrogens (tertiary/aromatic N) is 2. The molecule has 1 aliphatic rings. The summed E-state index contributed by atoms with van der Waals surface area (Å²) in [5.41, 5.74) is 4.51. The van der Waals surface area contributed by atoms with Crippen molar-refractivity contribution in [3.05, 3.63) is 58.8 Å². The highest BCUT2D eigenvalue weighted by Gasteiger charge is 2.28. The number of carbonyl (C=O) groups is 2. The van der Waals surface area contributed by atoms with Crippen molar-refractivity contribution in [1.29, 1.82) is 0 Å². The number of hydrogen-bond acceptors (Lipinski definition) is 5. The molecule has 0 fully saturated rings. The summed E-state index contributed by atoms with van der Waals surface area (Å²) in [5.74, 6) is -0.266. The van der Waals surface area contributed by atoms with Gasteiger partial charge in [0, 0.05) is 18.4 Å². The number of hydrogen-bond donors (Lipinski definition) is 2. The minimum atomic E-state index is -3.90. The molecule has 1 aliphatic heterocycles. The standard InChI is InChI=1S/C24H26N4O4S/c1-5-18-22(24-25-20(29)11-12-21(30)28(24)26-18)17-10-9-14(2)19(13-17)33(31,32)27-23-15(3)7-6-8-16(23)4/h6-10,13,27H,5,11-12H2,1-4H3,(H,25,29). The molecule has 9 heteroatoms. The maximum absolute atomic E-state index is 13.4. The predicted octanol–water partition coefficient (Wildman–Crippen LogP) is 4.21. The third-order valence-electron chi connectivity index (χ3n) is 5.84. The normalized spacial score (nSPS) is 13.9. The molecule has 0 saturated carbocycles. The molecular weight excluding hydrogens is 440 g/mol. The fourth-order valence-electron chi connectivity index (χ4n) is 4.04. The highest BCUT2D eigenvalue weighted by molar-refractivity contribution is 7.92. The Morgan fingerprint density at radius 1 is 1.03 bits per heavy atom. The summed E-state index contributed by atoms with van der Waals surface area (Å²) in [6, 6.07) is 10.7. The molecule has 0 unspecified atom stereocenters. The number of aryl methyl sites for hydroxylation is 4. The molecule has 33 heavy (non-hydrogen) atoms.